The number of hydrogen-bond acceptors (Lipinski definition) is 6. The standard InChI is InChI=1S/C21H32ClN3O4/c1-20(2,3)29-19(26)25-10-8-24(9-11-25)18-17(22)12-15(13-23-18)6-7-16-14-27-21(4,5)28-16/h12-13,16H,6-11,14H2,1-5H3. The van der Waals surface area contributed by atoms with Crippen LogP contribution >= 0.6 is 11.6 Å². The van der Waals surface area contributed by atoms with Gasteiger partial charge in [0, 0.05) is 32.4 Å². The SMILES string of the molecule is CC(C)(C)OC(=O)N1CCN(c2ncc(CCC3COC(C)(C)O3)cc2Cl)CC1. The average Bonchev–Trinajstić information content (AvgIpc) is 2.98. The number of pyridine rings is 1. The number of amides is 1. The van der Waals surface area contributed by atoms with Gasteiger partial charge in [0.2, 0.25) is 0 Å². The van der Waals surface area contributed by atoms with Crippen molar-refractivity contribution in [3.05, 3.63) is 22.8 Å². The normalized spacial score (nSPS) is 22.1. The van der Waals surface area contributed by atoms with Gasteiger partial charge in [-0.05, 0) is 59.1 Å². The van der Waals surface area contributed by atoms with Crippen LogP contribution in [0.5, 0.6) is 0 Å². The maximum Gasteiger partial charge on any atom is 0.410 e. The van der Waals surface area contributed by atoms with Crippen LogP contribution in [0.25, 0.3) is 0 Å². The van der Waals surface area contributed by atoms with Crippen molar-refractivity contribution in [2.75, 3.05) is 37.7 Å². The predicted octanol–water partition coefficient (Wildman–Crippen LogP) is 3.88. The Morgan fingerprint density at radius 2 is 2.00 bits per heavy atom. The van der Waals surface area contributed by atoms with Crippen molar-refractivity contribution in [1.82, 2.24) is 9.88 Å². The third-order valence-corrected chi connectivity index (χ3v) is 5.21. The summed E-state index contributed by atoms with van der Waals surface area (Å²) in [4.78, 5) is 20.7. The molecule has 0 radical (unpaired) electrons. The zero-order valence-corrected chi connectivity index (χ0v) is 18.8. The van der Waals surface area contributed by atoms with Crippen LogP contribution in [0.3, 0.4) is 0 Å². The number of carbonyl (C=O) groups excluding carboxylic acids is 1. The summed E-state index contributed by atoms with van der Waals surface area (Å²) in [6.45, 7) is 12.6. The third-order valence-electron chi connectivity index (χ3n) is 4.93. The second kappa shape index (κ2) is 8.66. The van der Waals surface area contributed by atoms with Crippen LogP contribution < -0.4 is 4.90 Å². The van der Waals surface area contributed by atoms with Gasteiger partial charge in [-0.15, -0.1) is 0 Å². The number of hydrogen-bond donors (Lipinski definition) is 0. The molecule has 3 rings (SSSR count). The number of carbonyl (C=O) groups is 1. The van der Waals surface area contributed by atoms with E-state index in [0.29, 0.717) is 37.8 Å². The van der Waals surface area contributed by atoms with E-state index in [1.807, 2.05) is 46.9 Å². The van der Waals surface area contributed by atoms with Crippen LogP contribution in [-0.4, -0.2) is 66.3 Å². The summed E-state index contributed by atoms with van der Waals surface area (Å²) in [5.74, 6) is 0.270. The lowest BCUT2D eigenvalue weighted by molar-refractivity contribution is -0.138. The number of rotatable bonds is 4. The van der Waals surface area contributed by atoms with E-state index in [2.05, 4.69) is 9.88 Å². The molecule has 1 aromatic heterocycles. The lowest BCUT2D eigenvalue weighted by Gasteiger charge is -2.36. The maximum absolute atomic E-state index is 12.2. The fourth-order valence-electron chi connectivity index (χ4n) is 3.50. The van der Waals surface area contributed by atoms with Crippen molar-refractivity contribution in [2.45, 2.75) is 65.0 Å². The van der Waals surface area contributed by atoms with Crippen LogP contribution in [0.4, 0.5) is 10.6 Å². The molecule has 0 spiro atoms. The van der Waals surface area contributed by atoms with Gasteiger partial charge in [0.1, 0.15) is 11.4 Å². The Balaban J connectivity index is 1.51. The Labute approximate surface area is 178 Å². The van der Waals surface area contributed by atoms with E-state index in [0.717, 1.165) is 24.2 Å². The molecule has 1 atom stereocenters. The zero-order valence-electron chi connectivity index (χ0n) is 18.0. The first-order valence-electron chi connectivity index (χ1n) is 10.2. The topological polar surface area (TPSA) is 64.1 Å². The highest BCUT2D eigenvalue weighted by Crippen LogP contribution is 2.28. The average molecular weight is 426 g/mol. The summed E-state index contributed by atoms with van der Waals surface area (Å²) in [5.41, 5.74) is 0.597. The molecule has 0 aliphatic carbocycles. The molecule has 3 heterocycles. The molecule has 0 aromatic carbocycles. The lowest BCUT2D eigenvalue weighted by Crippen LogP contribution is -2.50. The number of aromatic nitrogens is 1. The van der Waals surface area contributed by atoms with Gasteiger partial charge >= 0.3 is 6.09 Å². The van der Waals surface area contributed by atoms with E-state index in [1.165, 1.54) is 0 Å². The van der Waals surface area contributed by atoms with Gasteiger partial charge in [0.05, 0.1) is 17.7 Å². The molecule has 2 aliphatic heterocycles. The molecule has 1 amide bonds. The maximum atomic E-state index is 12.2. The van der Waals surface area contributed by atoms with Crippen LogP contribution in [0.1, 0.15) is 46.6 Å². The van der Waals surface area contributed by atoms with E-state index in [9.17, 15) is 4.79 Å². The van der Waals surface area contributed by atoms with E-state index in [1.54, 1.807) is 4.90 Å². The van der Waals surface area contributed by atoms with Crippen molar-refractivity contribution in [1.29, 1.82) is 0 Å². The summed E-state index contributed by atoms with van der Waals surface area (Å²) < 4.78 is 16.9. The minimum absolute atomic E-state index is 0.101. The number of halogens is 1. The van der Waals surface area contributed by atoms with Crippen molar-refractivity contribution in [3.63, 3.8) is 0 Å². The van der Waals surface area contributed by atoms with Gasteiger partial charge in [-0.25, -0.2) is 9.78 Å². The summed E-state index contributed by atoms with van der Waals surface area (Å²) >= 11 is 6.52. The summed E-state index contributed by atoms with van der Waals surface area (Å²) in [5, 5.41) is 0.636. The van der Waals surface area contributed by atoms with Gasteiger partial charge < -0.3 is 24.0 Å². The third kappa shape index (κ3) is 6.20. The molecule has 1 unspecified atom stereocenters. The summed E-state index contributed by atoms with van der Waals surface area (Å²) in [6, 6.07) is 1.98. The Bertz CT molecular complexity index is 727. The number of aryl methyl sites for hydroxylation is 1. The number of nitrogens with zero attached hydrogens (tertiary/aromatic N) is 3. The summed E-state index contributed by atoms with van der Waals surface area (Å²) in [7, 11) is 0. The second-order valence-corrected chi connectivity index (χ2v) is 9.50. The molecule has 162 valence electrons. The number of piperazine rings is 1. The molecular formula is C21H32ClN3O4. The van der Waals surface area contributed by atoms with E-state index in [-0.39, 0.29) is 12.2 Å². The van der Waals surface area contributed by atoms with Crippen LogP contribution in [0.2, 0.25) is 5.02 Å². The zero-order chi connectivity index (χ0) is 21.2. The van der Waals surface area contributed by atoms with Crippen LogP contribution in [0.15, 0.2) is 12.3 Å². The van der Waals surface area contributed by atoms with Gasteiger partial charge in [-0.3, -0.25) is 0 Å². The first-order chi connectivity index (χ1) is 13.5. The smallest absolute Gasteiger partial charge is 0.410 e. The summed E-state index contributed by atoms with van der Waals surface area (Å²) in [6.07, 6.45) is 3.42. The number of ether oxygens (including phenoxy) is 3. The lowest BCUT2D eigenvalue weighted by atomic mass is 10.1. The molecular weight excluding hydrogens is 394 g/mol. The Morgan fingerprint density at radius 3 is 2.55 bits per heavy atom. The molecule has 8 heteroatoms. The molecule has 0 bridgehead atoms. The van der Waals surface area contributed by atoms with Gasteiger partial charge in [0.15, 0.2) is 5.79 Å². The molecule has 2 aliphatic rings. The molecule has 29 heavy (non-hydrogen) atoms. The number of anilines is 1. The van der Waals surface area contributed by atoms with Crippen LogP contribution in [0, 0.1) is 0 Å². The van der Waals surface area contributed by atoms with Gasteiger partial charge in [-0.1, -0.05) is 11.6 Å². The fraction of sp³-hybridized carbons (Fsp3) is 0.714. The minimum atomic E-state index is -0.494. The highest BCUT2D eigenvalue weighted by atomic mass is 35.5. The Morgan fingerprint density at radius 1 is 1.31 bits per heavy atom. The monoisotopic (exact) mass is 425 g/mol. The van der Waals surface area contributed by atoms with Gasteiger partial charge in [0.25, 0.3) is 0 Å². The predicted molar refractivity (Wildman–Crippen MR) is 112 cm³/mol. The molecule has 2 fully saturated rings. The quantitative estimate of drug-likeness (QED) is 0.729. The van der Waals surface area contributed by atoms with E-state index < -0.39 is 11.4 Å². The van der Waals surface area contributed by atoms with Gasteiger partial charge in [-0.2, -0.15) is 0 Å². The molecule has 1 aromatic rings. The largest absolute Gasteiger partial charge is 0.444 e. The fourth-order valence-corrected chi connectivity index (χ4v) is 3.81. The van der Waals surface area contributed by atoms with E-state index in [4.69, 9.17) is 25.8 Å². The first-order valence-corrected chi connectivity index (χ1v) is 10.6. The van der Waals surface area contributed by atoms with Crippen molar-refractivity contribution < 1.29 is 19.0 Å². The van der Waals surface area contributed by atoms with Crippen molar-refractivity contribution in [3.8, 4) is 0 Å². The van der Waals surface area contributed by atoms with Crippen LogP contribution in [-0.2, 0) is 20.6 Å². The minimum Gasteiger partial charge on any atom is -0.444 e. The molecule has 0 saturated carbocycles. The first kappa shape index (κ1) is 22.1. The highest BCUT2D eigenvalue weighted by Gasteiger charge is 2.32. The second-order valence-electron chi connectivity index (χ2n) is 9.09. The Kier molecular flexibility index (Phi) is 6.61. The van der Waals surface area contributed by atoms with E-state index >= 15 is 0 Å². The Hall–Kier alpha value is -1.57. The molecule has 7 nitrogen and oxygen atoms in total. The van der Waals surface area contributed by atoms with Crippen molar-refractivity contribution in [2.24, 2.45) is 0 Å². The molecule has 0 N–H and O–H groups in total. The molecule has 2 saturated heterocycles. The van der Waals surface area contributed by atoms with Crippen molar-refractivity contribution >= 4 is 23.5 Å². The highest BCUT2D eigenvalue weighted by molar-refractivity contribution is 6.33.